The van der Waals surface area contributed by atoms with Crippen molar-refractivity contribution in [3.05, 3.63) is 0 Å². The van der Waals surface area contributed by atoms with Gasteiger partial charge in [0.25, 0.3) is 0 Å². The van der Waals surface area contributed by atoms with Crippen LogP contribution in [0.4, 0.5) is 0 Å². The van der Waals surface area contributed by atoms with Crippen molar-refractivity contribution < 1.29 is 24.9 Å². The van der Waals surface area contributed by atoms with Gasteiger partial charge in [0.1, 0.15) is 0 Å². The average Bonchev–Trinajstić information content (AvgIpc) is 3.26. The van der Waals surface area contributed by atoms with Crippen molar-refractivity contribution in [1.29, 1.82) is 0 Å². The molecule has 1 aliphatic carbocycles. The van der Waals surface area contributed by atoms with Crippen LogP contribution in [0.2, 0.25) is 0 Å². The largest absolute Gasteiger partial charge is 0.481 e. The molecule has 0 aromatic heterocycles. The Kier molecular flexibility index (Phi) is 7.52. The SMILES string of the molecule is CC(C)(CCCCC(CO)CCCCC1(C(=O)O)CC1)C(=O)O. The summed E-state index contributed by atoms with van der Waals surface area (Å²) in [5.74, 6) is -1.16. The first kappa shape index (κ1) is 19.9. The maximum absolute atomic E-state index is 11.1. The van der Waals surface area contributed by atoms with Crippen molar-refractivity contribution in [2.24, 2.45) is 16.7 Å². The molecule has 0 bridgehead atoms. The van der Waals surface area contributed by atoms with Gasteiger partial charge < -0.3 is 15.3 Å². The second kappa shape index (κ2) is 8.67. The molecule has 0 amide bonds. The average molecular weight is 328 g/mol. The van der Waals surface area contributed by atoms with E-state index in [2.05, 4.69) is 0 Å². The van der Waals surface area contributed by atoms with Gasteiger partial charge in [-0.2, -0.15) is 0 Å². The van der Waals surface area contributed by atoms with Crippen LogP contribution in [0.3, 0.4) is 0 Å². The van der Waals surface area contributed by atoms with E-state index in [1.54, 1.807) is 13.8 Å². The molecule has 1 aliphatic rings. The van der Waals surface area contributed by atoms with Crippen LogP contribution in [0, 0.1) is 16.7 Å². The van der Waals surface area contributed by atoms with E-state index in [9.17, 15) is 14.7 Å². The van der Waals surface area contributed by atoms with Crippen LogP contribution < -0.4 is 0 Å². The number of carbonyl (C=O) groups is 2. The lowest BCUT2D eigenvalue weighted by Crippen LogP contribution is -2.23. The highest BCUT2D eigenvalue weighted by atomic mass is 16.4. The summed E-state index contributed by atoms with van der Waals surface area (Å²) in [5, 5.41) is 27.6. The maximum atomic E-state index is 11.1. The minimum absolute atomic E-state index is 0.159. The molecule has 0 aliphatic heterocycles. The molecule has 134 valence electrons. The number of hydrogen-bond acceptors (Lipinski definition) is 3. The Balaban J connectivity index is 2.12. The third kappa shape index (κ3) is 6.50. The standard InChI is InChI=1S/C18H32O5/c1-17(2,15(20)21)9-5-3-7-14(13-19)8-4-6-10-18(11-12-18)16(22)23/h14,19H,3-13H2,1-2H3,(H,20,21)(H,22,23). The Morgan fingerprint density at radius 2 is 1.61 bits per heavy atom. The van der Waals surface area contributed by atoms with Gasteiger partial charge in [0.2, 0.25) is 0 Å². The normalized spacial score (nSPS) is 17.7. The summed E-state index contributed by atoms with van der Waals surface area (Å²) >= 11 is 0. The van der Waals surface area contributed by atoms with Gasteiger partial charge in [-0.25, -0.2) is 0 Å². The third-order valence-corrected chi connectivity index (χ3v) is 5.33. The van der Waals surface area contributed by atoms with E-state index >= 15 is 0 Å². The molecule has 0 aromatic rings. The minimum atomic E-state index is -0.761. The van der Waals surface area contributed by atoms with E-state index in [1.165, 1.54) is 0 Å². The topological polar surface area (TPSA) is 94.8 Å². The fraction of sp³-hybridized carbons (Fsp3) is 0.889. The smallest absolute Gasteiger partial charge is 0.309 e. The molecule has 5 heteroatoms. The van der Waals surface area contributed by atoms with E-state index in [1.807, 2.05) is 0 Å². The van der Waals surface area contributed by atoms with Crippen LogP contribution in [-0.4, -0.2) is 33.9 Å². The van der Waals surface area contributed by atoms with Gasteiger partial charge in [0.05, 0.1) is 10.8 Å². The molecule has 5 nitrogen and oxygen atoms in total. The van der Waals surface area contributed by atoms with Crippen LogP contribution >= 0.6 is 0 Å². The highest BCUT2D eigenvalue weighted by Gasteiger charge is 2.49. The number of hydrogen-bond donors (Lipinski definition) is 3. The van der Waals surface area contributed by atoms with Crippen molar-refractivity contribution in [2.75, 3.05) is 6.61 Å². The lowest BCUT2D eigenvalue weighted by Gasteiger charge is -2.19. The van der Waals surface area contributed by atoms with Crippen LogP contribution in [0.15, 0.2) is 0 Å². The van der Waals surface area contributed by atoms with Crippen LogP contribution in [0.25, 0.3) is 0 Å². The molecule has 1 unspecified atom stereocenters. The van der Waals surface area contributed by atoms with Crippen LogP contribution in [0.1, 0.15) is 78.1 Å². The summed E-state index contributed by atoms with van der Waals surface area (Å²) in [6, 6.07) is 0. The van der Waals surface area contributed by atoms with Gasteiger partial charge in [0.15, 0.2) is 0 Å². The fourth-order valence-electron chi connectivity index (χ4n) is 3.05. The van der Waals surface area contributed by atoms with Crippen molar-refractivity contribution in [2.45, 2.75) is 78.1 Å². The molecule has 0 spiro atoms. The van der Waals surface area contributed by atoms with Gasteiger partial charge in [-0.1, -0.05) is 25.7 Å². The molecular weight excluding hydrogens is 296 g/mol. The highest BCUT2D eigenvalue weighted by molar-refractivity contribution is 5.77. The van der Waals surface area contributed by atoms with Gasteiger partial charge in [-0.15, -0.1) is 0 Å². The molecule has 23 heavy (non-hydrogen) atoms. The molecule has 1 rings (SSSR count). The number of aliphatic hydroxyl groups is 1. The quantitative estimate of drug-likeness (QED) is 0.448. The predicted octanol–water partition coefficient (Wildman–Crippen LogP) is 3.69. The summed E-state index contributed by atoms with van der Waals surface area (Å²) in [6.45, 7) is 3.65. The van der Waals surface area contributed by atoms with Gasteiger partial charge in [0, 0.05) is 6.61 Å². The van der Waals surface area contributed by atoms with Crippen molar-refractivity contribution in [3.8, 4) is 0 Å². The van der Waals surface area contributed by atoms with Gasteiger partial charge in [-0.3, -0.25) is 9.59 Å². The molecule has 0 heterocycles. The molecule has 0 radical (unpaired) electrons. The second-order valence-electron chi connectivity index (χ2n) is 7.81. The van der Waals surface area contributed by atoms with E-state index in [4.69, 9.17) is 10.2 Å². The summed E-state index contributed by atoms with van der Waals surface area (Å²) in [7, 11) is 0. The van der Waals surface area contributed by atoms with Crippen LogP contribution in [0.5, 0.6) is 0 Å². The Labute approximate surface area is 139 Å². The van der Waals surface area contributed by atoms with Crippen LogP contribution in [-0.2, 0) is 9.59 Å². The van der Waals surface area contributed by atoms with E-state index in [0.29, 0.717) is 6.42 Å². The Morgan fingerprint density at radius 3 is 2.04 bits per heavy atom. The monoisotopic (exact) mass is 328 g/mol. The number of aliphatic carboxylic acids is 2. The summed E-state index contributed by atoms with van der Waals surface area (Å²) in [4.78, 5) is 22.1. The Bertz CT molecular complexity index is 374. The fourth-order valence-corrected chi connectivity index (χ4v) is 3.05. The summed E-state index contributed by atoms with van der Waals surface area (Å²) in [6.07, 6.45) is 8.53. The zero-order valence-electron chi connectivity index (χ0n) is 14.5. The number of unbranched alkanes of at least 4 members (excludes halogenated alkanes) is 2. The lowest BCUT2D eigenvalue weighted by atomic mass is 9.86. The second-order valence-corrected chi connectivity index (χ2v) is 7.81. The highest BCUT2D eigenvalue weighted by Crippen LogP contribution is 2.50. The first-order chi connectivity index (χ1) is 10.7. The van der Waals surface area contributed by atoms with E-state index < -0.39 is 22.8 Å². The molecule has 1 fully saturated rings. The Morgan fingerprint density at radius 1 is 1.04 bits per heavy atom. The maximum Gasteiger partial charge on any atom is 0.309 e. The third-order valence-electron chi connectivity index (χ3n) is 5.33. The predicted molar refractivity (Wildman–Crippen MR) is 88.2 cm³/mol. The summed E-state index contributed by atoms with van der Waals surface area (Å²) in [5.41, 5.74) is -1.11. The van der Waals surface area contributed by atoms with E-state index in [-0.39, 0.29) is 12.5 Å². The molecule has 0 saturated heterocycles. The molecule has 3 N–H and O–H groups in total. The zero-order valence-corrected chi connectivity index (χ0v) is 14.5. The number of rotatable bonds is 13. The first-order valence-electron chi connectivity index (χ1n) is 8.81. The van der Waals surface area contributed by atoms with Crippen molar-refractivity contribution in [3.63, 3.8) is 0 Å². The first-order valence-corrected chi connectivity index (χ1v) is 8.81. The number of carboxylic acids is 2. The molecule has 0 aromatic carbocycles. The van der Waals surface area contributed by atoms with Crippen molar-refractivity contribution >= 4 is 11.9 Å². The van der Waals surface area contributed by atoms with Gasteiger partial charge >= 0.3 is 11.9 Å². The Hall–Kier alpha value is -1.10. The van der Waals surface area contributed by atoms with Crippen molar-refractivity contribution in [1.82, 2.24) is 0 Å². The lowest BCUT2D eigenvalue weighted by molar-refractivity contribution is -0.147. The molecule has 1 saturated carbocycles. The van der Waals surface area contributed by atoms with E-state index in [0.717, 1.165) is 57.8 Å². The zero-order chi connectivity index (χ0) is 17.5. The number of carboxylic acid groups (broad SMARTS) is 2. The number of aliphatic hydroxyl groups excluding tert-OH is 1. The molecular formula is C18H32O5. The summed E-state index contributed by atoms with van der Waals surface area (Å²) < 4.78 is 0. The van der Waals surface area contributed by atoms with Gasteiger partial charge in [-0.05, 0) is 58.3 Å². The minimum Gasteiger partial charge on any atom is -0.481 e. The molecule has 1 atom stereocenters.